The van der Waals surface area contributed by atoms with Crippen LogP contribution in [0.1, 0.15) is 61.0 Å². The van der Waals surface area contributed by atoms with Crippen LogP contribution in [0, 0.1) is 17.7 Å². The van der Waals surface area contributed by atoms with Crippen molar-refractivity contribution >= 4 is 44.6 Å². The predicted molar refractivity (Wildman–Crippen MR) is 159 cm³/mol. The average Bonchev–Trinajstić information content (AvgIpc) is 3.76. The molecular weight excluding hydrogens is 639 g/mol. The average molecular weight is 668 g/mol. The third-order valence-electron chi connectivity index (χ3n) is 8.92. The molecule has 1 aromatic carbocycles. The molecule has 3 N–H and O–H groups in total. The Kier molecular flexibility index (Phi) is 7.82. The van der Waals surface area contributed by atoms with Crippen LogP contribution >= 0.6 is 22.9 Å². The molecule has 234 valence electrons. The normalized spacial score (nSPS) is 28.6. The zero-order valence-corrected chi connectivity index (χ0v) is 25.5. The highest BCUT2D eigenvalue weighted by Gasteiger charge is 2.44. The van der Waals surface area contributed by atoms with Gasteiger partial charge in [-0.1, -0.05) is 17.7 Å². The number of benzene rings is 1. The van der Waals surface area contributed by atoms with E-state index in [4.69, 9.17) is 16.6 Å². The van der Waals surface area contributed by atoms with E-state index < -0.39 is 34.7 Å². The number of thiazole rings is 1. The first-order chi connectivity index (χ1) is 21.1. The van der Waals surface area contributed by atoms with Crippen molar-refractivity contribution in [2.45, 2.75) is 62.9 Å². The second kappa shape index (κ2) is 11.5. The molecule has 4 heterocycles. The molecule has 2 aliphatic heterocycles. The summed E-state index contributed by atoms with van der Waals surface area (Å²) in [6, 6.07) is 3.63. The smallest absolute Gasteiger partial charge is 0.333 e. The molecule has 2 bridgehead atoms. The molecule has 2 unspecified atom stereocenters. The summed E-state index contributed by atoms with van der Waals surface area (Å²) in [6.45, 7) is -2.67. The first kappa shape index (κ1) is 29.9. The van der Waals surface area contributed by atoms with E-state index in [1.165, 1.54) is 29.5 Å². The highest BCUT2D eigenvalue weighted by molar-refractivity contribution is 7.87. The van der Waals surface area contributed by atoms with Gasteiger partial charge in [-0.25, -0.2) is 14.1 Å². The van der Waals surface area contributed by atoms with Gasteiger partial charge >= 0.3 is 6.55 Å². The molecule has 0 amide bonds. The summed E-state index contributed by atoms with van der Waals surface area (Å²) in [5.41, 5.74) is 1.75. The number of fused-ring (bicyclic) bond motifs is 3. The first-order valence-electron chi connectivity index (χ1n) is 14.3. The topological polar surface area (TPSA) is 125 Å². The van der Waals surface area contributed by atoms with Crippen molar-refractivity contribution in [2.75, 3.05) is 6.54 Å². The minimum atomic E-state index is -3.95. The van der Waals surface area contributed by atoms with E-state index in [-0.39, 0.29) is 47.7 Å². The van der Waals surface area contributed by atoms with Crippen LogP contribution in [0.2, 0.25) is 5.02 Å². The molecule has 0 radical (unpaired) electrons. The monoisotopic (exact) mass is 667 g/mol. The van der Waals surface area contributed by atoms with E-state index in [1.54, 1.807) is 11.6 Å². The number of nitrogens with one attached hydrogen (secondary N) is 2. The van der Waals surface area contributed by atoms with E-state index in [9.17, 15) is 26.7 Å². The Bertz CT molecular complexity index is 1720. The number of amidine groups is 1. The number of aliphatic imine (C=N–C) groups is 1. The lowest BCUT2D eigenvalue weighted by Gasteiger charge is -2.32. The van der Waals surface area contributed by atoms with Crippen LogP contribution in [0.5, 0.6) is 0 Å². The van der Waals surface area contributed by atoms with Gasteiger partial charge in [0.25, 0.3) is 10.2 Å². The van der Waals surface area contributed by atoms with E-state index in [1.807, 2.05) is 4.90 Å². The SMILES string of the molecule is O=S(=O)(NC1CC2CCC(C1)C2O)N[C@H]1CC2=C(c3ccn(C(F)F)n3)[C@H](c3ccc(F)cc3Cl)N=C(c3nccs3)N2C1. The third kappa shape index (κ3) is 5.58. The van der Waals surface area contributed by atoms with Crippen LogP contribution in [0.4, 0.5) is 13.2 Å². The van der Waals surface area contributed by atoms with E-state index in [0.717, 1.165) is 25.1 Å². The summed E-state index contributed by atoms with van der Waals surface area (Å²) in [6.07, 6.45) is 5.56. The molecule has 0 spiro atoms. The second-order valence-corrected chi connectivity index (χ2v) is 14.5. The standard InChI is InChI=1S/C28H29ClF3N7O3S2/c29-20-11-16(30)3-4-19(20)24-23(21-5-7-39(35-21)28(31)32)22-12-18(13-38(22)26(34-24)27-33-6-8-43-27)37-44(41,42)36-17-9-14-1-2-15(10-17)25(14)40/h3-8,11,14-15,17-18,24-25,28,36-37,40H,1-2,9-10,12-13H2/t14?,15?,17?,18-,24-,25?/m0/s1. The van der Waals surface area contributed by atoms with Crippen molar-refractivity contribution in [1.29, 1.82) is 0 Å². The van der Waals surface area contributed by atoms with Gasteiger partial charge in [-0.15, -0.1) is 11.3 Å². The largest absolute Gasteiger partial charge is 0.393 e. The van der Waals surface area contributed by atoms with Crippen molar-refractivity contribution in [3.05, 3.63) is 74.8 Å². The second-order valence-electron chi connectivity index (χ2n) is 11.7. The molecule has 4 atom stereocenters. The minimum absolute atomic E-state index is 0.0926. The molecular formula is C28H29ClF3N7O3S2. The summed E-state index contributed by atoms with van der Waals surface area (Å²) >= 11 is 7.85. The van der Waals surface area contributed by atoms with Gasteiger partial charge in [0.15, 0.2) is 10.8 Å². The first-order valence-corrected chi connectivity index (χ1v) is 17.0. The van der Waals surface area contributed by atoms with Gasteiger partial charge in [0.2, 0.25) is 0 Å². The van der Waals surface area contributed by atoms with Crippen LogP contribution in [0.3, 0.4) is 0 Å². The number of halogens is 4. The maximum absolute atomic E-state index is 14.1. The number of aromatic nitrogens is 3. The number of rotatable bonds is 8. The predicted octanol–water partition coefficient (Wildman–Crippen LogP) is 4.49. The number of nitrogens with zero attached hydrogens (tertiary/aromatic N) is 5. The number of alkyl halides is 2. The molecule has 16 heteroatoms. The molecule has 4 aliphatic rings. The fourth-order valence-corrected chi connectivity index (χ4v) is 9.31. The molecule has 10 nitrogen and oxygen atoms in total. The summed E-state index contributed by atoms with van der Waals surface area (Å²) in [5.74, 6) is 0.106. The molecule has 3 fully saturated rings. The molecule has 2 saturated carbocycles. The van der Waals surface area contributed by atoms with Crippen LogP contribution in [0.25, 0.3) is 5.57 Å². The van der Waals surface area contributed by atoms with E-state index in [2.05, 4.69) is 19.5 Å². The Labute approximate surface area is 260 Å². The maximum atomic E-state index is 14.1. The van der Waals surface area contributed by atoms with Crippen molar-refractivity contribution in [3.8, 4) is 0 Å². The molecule has 7 rings (SSSR count). The number of hydrogen-bond acceptors (Lipinski definition) is 8. The Morgan fingerprint density at radius 3 is 2.52 bits per heavy atom. The van der Waals surface area contributed by atoms with Crippen molar-refractivity contribution in [3.63, 3.8) is 0 Å². The van der Waals surface area contributed by atoms with Crippen LogP contribution in [-0.4, -0.2) is 63.8 Å². The van der Waals surface area contributed by atoms with E-state index >= 15 is 0 Å². The van der Waals surface area contributed by atoms with Crippen LogP contribution in [0.15, 0.2) is 52.7 Å². The minimum Gasteiger partial charge on any atom is -0.393 e. The lowest BCUT2D eigenvalue weighted by atomic mass is 9.83. The van der Waals surface area contributed by atoms with Crippen molar-refractivity contribution in [2.24, 2.45) is 16.8 Å². The number of aliphatic hydroxyl groups excluding tert-OH is 1. The van der Waals surface area contributed by atoms with Gasteiger partial charge in [-0.05, 0) is 55.7 Å². The van der Waals surface area contributed by atoms with Gasteiger partial charge in [0, 0.05) is 64.7 Å². The van der Waals surface area contributed by atoms with Gasteiger partial charge in [-0.2, -0.15) is 31.7 Å². The van der Waals surface area contributed by atoms with Crippen LogP contribution in [-0.2, 0) is 10.2 Å². The Balaban J connectivity index is 1.25. The van der Waals surface area contributed by atoms with Gasteiger partial charge in [-0.3, -0.25) is 4.99 Å². The molecule has 3 aromatic rings. The highest BCUT2D eigenvalue weighted by atomic mass is 35.5. The summed E-state index contributed by atoms with van der Waals surface area (Å²) in [5, 5.41) is 16.9. The van der Waals surface area contributed by atoms with E-state index in [0.29, 0.717) is 45.2 Å². The lowest BCUT2D eigenvalue weighted by molar-refractivity contribution is 0.0507. The van der Waals surface area contributed by atoms with Gasteiger partial charge in [0.1, 0.15) is 11.9 Å². The Morgan fingerprint density at radius 2 is 1.86 bits per heavy atom. The van der Waals surface area contributed by atoms with Crippen molar-refractivity contribution < 1.29 is 26.7 Å². The maximum Gasteiger partial charge on any atom is 0.333 e. The molecule has 2 aromatic heterocycles. The lowest BCUT2D eigenvalue weighted by Crippen LogP contribution is -2.50. The summed E-state index contributed by atoms with van der Waals surface area (Å²) < 4.78 is 74.1. The third-order valence-corrected chi connectivity index (χ3v) is 11.3. The zero-order valence-electron chi connectivity index (χ0n) is 23.2. The van der Waals surface area contributed by atoms with Gasteiger partial charge < -0.3 is 10.0 Å². The fraction of sp³-hybridized carbons (Fsp3) is 0.464. The zero-order chi connectivity index (χ0) is 30.7. The Morgan fingerprint density at radius 1 is 1.11 bits per heavy atom. The van der Waals surface area contributed by atoms with Gasteiger partial charge in [0.05, 0.1) is 11.8 Å². The fourth-order valence-electron chi connectivity index (χ4n) is 7.10. The molecule has 2 aliphatic carbocycles. The molecule has 1 saturated heterocycles. The quantitative estimate of drug-likeness (QED) is 0.325. The number of hydrogen-bond donors (Lipinski definition) is 3. The number of aliphatic hydroxyl groups is 1. The van der Waals surface area contributed by atoms with Crippen molar-refractivity contribution in [1.82, 2.24) is 29.1 Å². The molecule has 44 heavy (non-hydrogen) atoms. The summed E-state index contributed by atoms with van der Waals surface area (Å²) in [7, 11) is -3.95. The van der Waals surface area contributed by atoms with Crippen LogP contribution < -0.4 is 9.44 Å². The summed E-state index contributed by atoms with van der Waals surface area (Å²) in [4.78, 5) is 11.2. The Hall–Kier alpha value is -2.82. The highest BCUT2D eigenvalue weighted by Crippen LogP contribution is 2.46.